The molecule has 2 heterocycles. The summed E-state index contributed by atoms with van der Waals surface area (Å²) in [5.41, 5.74) is 0. The van der Waals surface area contributed by atoms with Crippen LogP contribution in [-0.4, -0.2) is 69.4 Å². The van der Waals surface area contributed by atoms with Gasteiger partial charge in [0.15, 0.2) is 5.96 Å². The Morgan fingerprint density at radius 2 is 2.00 bits per heavy atom. The number of rotatable bonds is 7. The van der Waals surface area contributed by atoms with Crippen molar-refractivity contribution in [2.24, 2.45) is 10.9 Å². The maximum Gasteiger partial charge on any atom is 0.191 e. The summed E-state index contributed by atoms with van der Waals surface area (Å²) in [6.07, 6.45) is 3.52. The smallest absolute Gasteiger partial charge is 0.191 e. The summed E-state index contributed by atoms with van der Waals surface area (Å²) in [5, 5.41) is 7.65. The van der Waals surface area contributed by atoms with Gasteiger partial charge in [-0.15, -0.1) is 24.0 Å². The molecule has 8 heteroatoms. The number of halogens is 2. The first-order valence-electron chi connectivity index (χ1n) is 10.3. The highest BCUT2D eigenvalue weighted by Crippen LogP contribution is 2.18. The van der Waals surface area contributed by atoms with Crippen LogP contribution < -0.4 is 15.4 Å². The first kappa shape index (κ1) is 24.5. The quantitative estimate of drug-likeness (QED) is 0.318. The minimum absolute atomic E-state index is 0. The van der Waals surface area contributed by atoms with Gasteiger partial charge in [0.1, 0.15) is 11.9 Å². The predicted molar refractivity (Wildman–Crippen MR) is 130 cm³/mol. The number of hydrogen-bond acceptors (Lipinski definition) is 4. The van der Waals surface area contributed by atoms with E-state index in [0.717, 1.165) is 56.8 Å². The fraction of sp³-hybridized carbons (Fsp3) is 0.667. The molecule has 0 radical (unpaired) electrons. The van der Waals surface area contributed by atoms with Crippen LogP contribution in [0.1, 0.15) is 26.2 Å². The lowest BCUT2D eigenvalue weighted by atomic mass is 10.0. The zero-order valence-electron chi connectivity index (χ0n) is 17.4. The van der Waals surface area contributed by atoms with E-state index in [9.17, 15) is 0 Å². The Morgan fingerprint density at radius 3 is 2.62 bits per heavy atom. The Kier molecular flexibility index (Phi) is 10.8. The molecule has 2 saturated heterocycles. The van der Waals surface area contributed by atoms with Gasteiger partial charge in [0.05, 0.1) is 13.2 Å². The largest absolute Gasteiger partial charge is 0.489 e. The fourth-order valence-corrected chi connectivity index (χ4v) is 3.89. The van der Waals surface area contributed by atoms with E-state index in [1.165, 1.54) is 13.0 Å². The molecule has 0 aliphatic carbocycles. The number of hydrogen-bond donors (Lipinski definition) is 2. The van der Waals surface area contributed by atoms with Crippen LogP contribution in [0.2, 0.25) is 5.02 Å². The summed E-state index contributed by atoms with van der Waals surface area (Å²) in [5.74, 6) is 2.39. The van der Waals surface area contributed by atoms with Gasteiger partial charge in [0.2, 0.25) is 0 Å². The van der Waals surface area contributed by atoms with E-state index in [4.69, 9.17) is 21.1 Å². The van der Waals surface area contributed by atoms with Crippen LogP contribution in [0.4, 0.5) is 0 Å². The number of likely N-dealkylation sites (tertiary alicyclic amines) is 1. The number of ether oxygens (including phenoxy) is 2. The van der Waals surface area contributed by atoms with E-state index in [1.807, 2.05) is 38.2 Å². The number of nitrogens with one attached hydrogen (secondary N) is 2. The molecule has 0 aromatic heterocycles. The molecule has 2 unspecified atom stereocenters. The van der Waals surface area contributed by atoms with Gasteiger partial charge < -0.3 is 25.0 Å². The predicted octanol–water partition coefficient (Wildman–Crippen LogP) is 3.39. The van der Waals surface area contributed by atoms with Gasteiger partial charge in [-0.1, -0.05) is 11.6 Å². The molecular weight excluding hydrogens is 503 g/mol. The van der Waals surface area contributed by atoms with Crippen molar-refractivity contribution in [1.29, 1.82) is 0 Å². The summed E-state index contributed by atoms with van der Waals surface area (Å²) in [4.78, 5) is 6.95. The lowest BCUT2D eigenvalue weighted by Gasteiger charge is -2.34. The molecule has 2 atom stereocenters. The molecule has 0 bridgehead atoms. The summed E-state index contributed by atoms with van der Waals surface area (Å²) < 4.78 is 11.4. The molecule has 164 valence electrons. The summed E-state index contributed by atoms with van der Waals surface area (Å²) in [6, 6.07) is 7.91. The SMILES string of the molecule is CN=C(NCC(C)Oc1ccc(Cl)cc1)NC1CCN(CC2CCOC2)CC1.I. The fourth-order valence-electron chi connectivity index (χ4n) is 3.77. The van der Waals surface area contributed by atoms with Gasteiger partial charge in [-0.2, -0.15) is 0 Å². The zero-order valence-corrected chi connectivity index (χ0v) is 20.5. The monoisotopic (exact) mass is 536 g/mol. The van der Waals surface area contributed by atoms with Gasteiger partial charge in [0, 0.05) is 44.4 Å². The number of piperidine rings is 1. The molecule has 1 aromatic rings. The Balaban J connectivity index is 0.00000300. The normalized spacial score (nSPS) is 22.0. The topological polar surface area (TPSA) is 58.1 Å². The first-order chi connectivity index (χ1) is 13.6. The van der Waals surface area contributed by atoms with Crippen molar-refractivity contribution >= 4 is 41.5 Å². The van der Waals surface area contributed by atoms with Crippen LogP contribution in [0, 0.1) is 5.92 Å². The van der Waals surface area contributed by atoms with Gasteiger partial charge in [-0.05, 0) is 56.4 Å². The molecule has 0 spiro atoms. The molecule has 29 heavy (non-hydrogen) atoms. The third-order valence-electron chi connectivity index (χ3n) is 5.40. The molecule has 2 fully saturated rings. The molecule has 2 N–H and O–H groups in total. The van der Waals surface area contributed by atoms with Crippen LogP contribution in [-0.2, 0) is 4.74 Å². The Morgan fingerprint density at radius 1 is 1.28 bits per heavy atom. The average molecular weight is 537 g/mol. The molecule has 6 nitrogen and oxygen atoms in total. The molecular formula is C21H34ClIN4O2. The molecule has 2 aliphatic rings. The zero-order chi connectivity index (χ0) is 19.8. The van der Waals surface area contributed by atoms with E-state index in [2.05, 4.69) is 20.5 Å². The third kappa shape index (κ3) is 8.47. The van der Waals surface area contributed by atoms with Crippen LogP contribution in [0.3, 0.4) is 0 Å². The molecule has 3 rings (SSSR count). The second-order valence-corrected chi connectivity index (χ2v) is 8.22. The van der Waals surface area contributed by atoms with Crippen LogP contribution >= 0.6 is 35.6 Å². The second kappa shape index (κ2) is 12.8. The van der Waals surface area contributed by atoms with Crippen molar-refractivity contribution in [1.82, 2.24) is 15.5 Å². The van der Waals surface area contributed by atoms with Crippen LogP contribution in [0.5, 0.6) is 5.75 Å². The van der Waals surface area contributed by atoms with E-state index < -0.39 is 0 Å². The summed E-state index contributed by atoms with van der Waals surface area (Å²) in [7, 11) is 1.81. The van der Waals surface area contributed by atoms with Gasteiger partial charge in [0.25, 0.3) is 0 Å². The summed E-state index contributed by atoms with van der Waals surface area (Å²) in [6.45, 7) is 8.06. The van der Waals surface area contributed by atoms with E-state index in [-0.39, 0.29) is 30.1 Å². The molecule has 0 saturated carbocycles. The van der Waals surface area contributed by atoms with Crippen molar-refractivity contribution in [2.75, 3.05) is 46.4 Å². The number of benzene rings is 1. The van der Waals surface area contributed by atoms with Crippen molar-refractivity contribution in [3.63, 3.8) is 0 Å². The lowest BCUT2D eigenvalue weighted by molar-refractivity contribution is 0.150. The Hall–Kier alpha value is -0.770. The highest BCUT2D eigenvalue weighted by molar-refractivity contribution is 14.0. The van der Waals surface area contributed by atoms with E-state index >= 15 is 0 Å². The van der Waals surface area contributed by atoms with Crippen LogP contribution in [0.15, 0.2) is 29.3 Å². The van der Waals surface area contributed by atoms with E-state index in [0.29, 0.717) is 17.6 Å². The average Bonchev–Trinajstić information content (AvgIpc) is 3.21. The van der Waals surface area contributed by atoms with Crippen molar-refractivity contribution in [3.05, 3.63) is 29.3 Å². The number of nitrogens with zero attached hydrogens (tertiary/aromatic N) is 2. The van der Waals surface area contributed by atoms with Crippen LogP contribution in [0.25, 0.3) is 0 Å². The minimum Gasteiger partial charge on any atom is -0.489 e. The van der Waals surface area contributed by atoms with Crippen molar-refractivity contribution in [2.45, 2.75) is 38.3 Å². The molecule has 1 aromatic carbocycles. The second-order valence-electron chi connectivity index (χ2n) is 7.78. The minimum atomic E-state index is 0. The Bertz CT molecular complexity index is 618. The van der Waals surface area contributed by atoms with E-state index in [1.54, 1.807) is 0 Å². The highest BCUT2D eigenvalue weighted by Gasteiger charge is 2.24. The molecule has 0 amide bonds. The van der Waals surface area contributed by atoms with Gasteiger partial charge in [-0.3, -0.25) is 4.99 Å². The maximum atomic E-state index is 5.91. The molecule has 2 aliphatic heterocycles. The van der Waals surface area contributed by atoms with Gasteiger partial charge in [-0.25, -0.2) is 0 Å². The summed E-state index contributed by atoms with van der Waals surface area (Å²) >= 11 is 5.91. The highest BCUT2D eigenvalue weighted by atomic mass is 127. The third-order valence-corrected chi connectivity index (χ3v) is 5.65. The standard InChI is InChI=1S/C21H33ClN4O2.HI/c1-16(28-20-5-3-18(22)4-6-20)13-24-21(23-2)25-19-7-10-26(11-8-19)14-17-9-12-27-15-17;/h3-6,16-17,19H,7-15H2,1-2H3,(H2,23,24,25);1H. The number of aliphatic imine (C=N–C) groups is 1. The maximum absolute atomic E-state index is 5.91. The van der Waals surface area contributed by atoms with Crippen molar-refractivity contribution < 1.29 is 9.47 Å². The number of guanidine groups is 1. The van der Waals surface area contributed by atoms with Gasteiger partial charge >= 0.3 is 0 Å². The first-order valence-corrected chi connectivity index (χ1v) is 10.7. The van der Waals surface area contributed by atoms with Crippen molar-refractivity contribution in [3.8, 4) is 5.75 Å². The lowest BCUT2D eigenvalue weighted by Crippen LogP contribution is -2.50. The Labute approximate surface area is 196 Å².